The van der Waals surface area contributed by atoms with E-state index in [1.54, 1.807) is 0 Å². The second-order valence-electron chi connectivity index (χ2n) is 5.88. The zero-order chi connectivity index (χ0) is 15.9. The average molecular weight is 297 g/mol. The highest BCUT2D eigenvalue weighted by Gasteiger charge is 2.24. The molecule has 2 N–H and O–H groups in total. The third-order valence-corrected chi connectivity index (χ3v) is 3.23. The van der Waals surface area contributed by atoms with Crippen molar-refractivity contribution in [3.63, 3.8) is 0 Å². The lowest BCUT2D eigenvalue weighted by Gasteiger charge is -2.24. The standard InChI is InChI=1S/C15H18F3N3/c1-5-11-20-13(14(19)21(11)15(2,3)4)8-6-9(16)12(18)10(17)7-8/h6-7H,5,19H2,1-4H3. The molecule has 3 nitrogen and oxygen atoms in total. The summed E-state index contributed by atoms with van der Waals surface area (Å²) in [4.78, 5) is 4.36. The Morgan fingerprint density at radius 3 is 2.05 bits per heavy atom. The number of nitrogens with zero attached hydrogens (tertiary/aromatic N) is 2. The number of nitrogens with two attached hydrogens (primary N) is 1. The molecule has 0 saturated heterocycles. The van der Waals surface area contributed by atoms with E-state index in [2.05, 4.69) is 4.98 Å². The van der Waals surface area contributed by atoms with Gasteiger partial charge in [-0.2, -0.15) is 0 Å². The van der Waals surface area contributed by atoms with Crippen LogP contribution < -0.4 is 5.73 Å². The molecule has 2 rings (SSSR count). The van der Waals surface area contributed by atoms with Crippen molar-refractivity contribution >= 4 is 5.82 Å². The molecule has 1 heterocycles. The number of aromatic nitrogens is 2. The van der Waals surface area contributed by atoms with Crippen molar-refractivity contribution in [3.8, 4) is 11.3 Å². The molecule has 0 spiro atoms. The molecule has 0 amide bonds. The van der Waals surface area contributed by atoms with Crippen molar-refractivity contribution in [1.82, 2.24) is 9.55 Å². The predicted molar refractivity (Wildman–Crippen MR) is 76.3 cm³/mol. The van der Waals surface area contributed by atoms with Gasteiger partial charge in [-0.25, -0.2) is 18.2 Å². The quantitative estimate of drug-likeness (QED) is 0.855. The molecule has 1 aromatic carbocycles. The number of halogens is 3. The Kier molecular flexibility index (Phi) is 3.74. The van der Waals surface area contributed by atoms with Crippen LogP contribution in [-0.2, 0) is 12.0 Å². The number of aryl methyl sites for hydroxylation is 1. The second kappa shape index (κ2) is 5.09. The van der Waals surface area contributed by atoms with Crippen LogP contribution in [0.15, 0.2) is 12.1 Å². The van der Waals surface area contributed by atoms with Gasteiger partial charge in [-0.3, -0.25) is 0 Å². The average Bonchev–Trinajstić information content (AvgIpc) is 2.72. The monoisotopic (exact) mass is 297 g/mol. The summed E-state index contributed by atoms with van der Waals surface area (Å²) in [5, 5.41) is 0. The molecule has 2 aromatic rings. The van der Waals surface area contributed by atoms with Gasteiger partial charge in [-0.05, 0) is 32.9 Å². The Morgan fingerprint density at radius 1 is 1.14 bits per heavy atom. The minimum Gasteiger partial charge on any atom is -0.383 e. The van der Waals surface area contributed by atoms with Crippen molar-refractivity contribution in [1.29, 1.82) is 0 Å². The molecule has 0 bridgehead atoms. The maximum Gasteiger partial charge on any atom is 0.194 e. The maximum absolute atomic E-state index is 13.4. The zero-order valence-electron chi connectivity index (χ0n) is 12.5. The molecule has 0 atom stereocenters. The van der Waals surface area contributed by atoms with Crippen molar-refractivity contribution in [2.75, 3.05) is 5.73 Å². The molecular weight excluding hydrogens is 279 g/mol. The summed E-state index contributed by atoms with van der Waals surface area (Å²) in [7, 11) is 0. The number of anilines is 1. The van der Waals surface area contributed by atoms with E-state index in [1.165, 1.54) is 0 Å². The van der Waals surface area contributed by atoms with Crippen LogP contribution in [0.1, 0.15) is 33.5 Å². The van der Waals surface area contributed by atoms with Crippen molar-refractivity contribution in [2.24, 2.45) is 0 Å². The summed E-state index contributed by atoms with van der Waals surface area (Å²) in [5.74, 6) is -2.99. The van der Waals surface area contributed by atoms with Crippen LogP contribution in [0.25, 0.3) is 11.3 Å². The van der Waals surface area contributed by atoms with E-state index < -0.39 is 17.5 Å². The first-order valence-corrected chi connectivity index (χ1v) is 6.69. The van der Waals surface area contributed by atoms with Crippen LogP contribution in [0.2, 0.25) is 0 Å². The van der Waals surface area contributed by atoms with E-state index in [1.807, 2.05) is 32.3 Å². The third kappa shape index (κ3) is 2.62. The molecule has 0 fully saturated rings. The first-order chi connectivity index (χ1) is 9.66. The number of benzene rings is 1. The van der Waals surface area contributed by atoms with Gasteiger partial charge in [0.25, 0.3) is 0 Å². The summed E-state index contributed by atoms with van der Waals surface area (Å²) in [5.41, 5.74) is 6.17. The van der Waals surface area contributed by atoms with E-state index >= 15 is 0 Å². The van der Waals surface area contributed by atoms with Crippen LogP contribution in [0.5, 0.6) is 0 Å². The van der Waals surface area contributed by atoms with Crippen LogP contribution in [-0.4, -0.2) is 9.55 Å². The van der Waals surface area contributed by atoms with Gasteiger partial charge in [0.05, 0.1) is 0 Å². The van der Waals surface area contributed by atoms with E-state index in [0.717, 1.165) is 12.1 Å². The number of hydrogen-bond acceptors (Lipinski definition) is 2. The van der Waals surface area contributed by atoms with E-state index in [9.17, 15) is 13.2 Å². The molecular formula is C15H18F3N3. The summed E-state index contributed by atoms with van der Waals surface area (Å²) in [6, 6.07) is 1.81. The Labute approximate surface area is 121 Å². The summed E-state index contributed by atoms with van der Waals surface area (Å²) >= 11 is 0. The van der Waals surface area contributed by atoms with Gasteiger partial charge in [0.1, 0.15) is 17.3 Å². The van der Waals surface area contributed by atoms with Crippen LogP contribution >= 0.6 is 0 Å². The number of nitrogen functional groups attached to an aromatic ring is 1. The van der Waals surface area contributed by atoms with Gasteiger partial charge in [-0.1, -0.05) is 6.92 Å². The first-order valence-electron chi connectivity index (χ1n) is 6.69. The first kappa shape index (κ1) is 15.4. The molecule has 0 radical (unpaired) electrons. The Morgan fingerprint density at radius 2 is 1.67 bits per heavy atom. The summed E-state index contributed by atoms with van der Waals surface area (Å²) < 4.78 is 41.7. The molecule has 114 valence electrons. The molecule has 0 saturated carbocycles. The Balaban J connectivity index is 2.69. The zero-order valence-corrected chi connectivity index (χ0v) is 12.5. The van der Waals surface area contributed by atoms with Crippen molar-refractivity contribution in [3.05, 3.63) is 35.4 Å². The molecule has 21 heavy (non-hydrogen) atoms. The molecule has 0 aliphatic heterocycles. The normalized spacial score (nSPS) is 12.0. The molecule has 0 aliphatic rings. The highest BCUT2D eigenvalue weighted by molar-refractivity contribution is 5.71. The fourth-order valence-electron chi connectivity index (χ4n) is 2.37. The van der Waals surface area contributed by atoms with Crippen LogP contribution in [0, 0.1) is 17.5 Å². The number of hydrogen-bond donors (Lipinski definition) is 1. The maximum atomic E-state index is 13.4. The highest BCUT2D eigenvalue weighted by atomic mass is 19.2. The molecule has 0 unspecified atom stereocenters. The summed E-state index contributed by atoms with van der Waals surface area (Å²) in [6.45, 7) is 7.79. The lowest BCUT2D eigenvalue weighted by Crippen LogP contribution is -2.25. The highest BCUT2D eigenvalue weighted by Crippen LogP contribution is 2.32. The lowest BCUT2D eigenvalue weighted by atomic mass is 10.1. The minimum atomic E-state index is -1.50. The van der Waals surface area contributed by atoms with E-state index in [-0.39, 0.29) is 16.8 Å². The van der Waals surface area contributed by atoms with E-state index in [4.69, 9.17) is 5.73 Å². The van der Waals surface area contributed by atoms with Gasteiger partial charge >= 0.3 is 0 Å². The topological polar surface area (TPSA) is 43.8 Å². The molecule has 6 heteroatoms. The van der Waals surface area contributed by atoms with Gasteiger partial charge in [0.2, 0.25) is 0 Å². The van der Waals surface area contributed by atoms with Gasteiger partial charge < -0.3 is 10.3 Å². The Bertz CT molecular complexity index is 661. The number of imidazole rings is 1. The fourth-order valence-corrected chi connectivity index (χ4v) is 2.37. The fraction of sp³-hybridized carbons (Fsp3) is 0.400. The summed E-state index contributed by atoms with van der Waals surface area (Å²) in [6.07, 6.45) is 0.619. The van der Waals surface area contributed by atoms with Crippen LogP contribution in [0.4, 0.5) is 19.0 Å². The third-order valence-electron chi connectivity index (χ3n) is 3.23. The molecule has 1 aromatic heterocycles. The van der Waals surface area contributed by atoms with Crippen molar-refractivity contribution < 1.29 is 13.2 Å². The number of rotatable bonds is 2. The van der Waals surface area contributed by atoms with Crippen molar-refractivity contribution in [2.45, 2.75) is 39.7 Å². The lowest BCUT2D eigenvalue weighted by molar-refractivity contribution is 0.389. The minimum absolute atomic E-state index is 0.126. The Hall–Kier alpha value is -1.98. The van der Waals surface area contributed by atoms with Crippen LogP contribution in [0.3, 0.4) is 0 Å². The van der Waals surface area contributed by atoms with Gasteiger partial charge in [-0.15, -0.1) is 0 Å². The second-order valence-corrected chi connectivity index (χ2v) is 5.88. The molecule has 0 aliphatic carbocycles. The SMILES string of the molecule is CCc1nc(-c2cc(F)c(F)c(F)c2)c(N)n1C(C)(C)C. The van der Waals surface area contributed by atoms with Gasteiger partial charge in [0, 0.05) is 17.5 Å². The van der Waals surface area contributed by atoms with E-state index in [0.29, 0.717) is 18.1 Å². The predicted octanol–water partition coefficient (Wildman–Crippen LogP) is 3.87. The smallest absolute Gasteiger partial charge is 0.194 e. The largest absolute Gasteiger partial charge is 0.383 e. The van der Waals surface area contributed by atoms with Gasteiger partial charge in [0.15, 0.2) is 17.5 Å².